The number of fused-ring (bicyclic) bond motifs is 1. The van der Waals surface area contributed by atoms with Gasteiger partial charge in [0.2, 0.25) is 0 Å². The van der Waals surface area contributed by atoms with Crippen LogP contribution in [0.2, 0.25) is 5.02 Å². The van der Waals surface area contributed by atoms with Gasteiger partial charge < -0.3 is 5.11 Å². The molecule has 0 aliphatic heterocycles. The lowest BCUT2D eigenvalue weighted by Gasteiger charge is -2.05. The van der Waals surface area contributed by atoms with Crippen LogP contribution in [-0.4, -0.2) is 10.1 Å². The zero-order valence-electron chi connectivity index (χ0n) is 11.3. The molecule has 3 aromatic rings. The SMILES string of the molecule is OC(C=Cc1ccc2ccc(Cl)cc2n1)c1ccccc1. The van der Waals surface area contributed by atoms with Crippen LogP contribution in [0.4, 0.5) is 0 Å². The number of rotatable bonds is 3. The molecule has 0 aliphatic carbocycles. The van der Waals surface area contributed by atoms with Gasteiger partial charge in [-0.3, -0.25) is 0 Å². The van der Waals surface area contributed by atoms with Crippen molar-refractivity contribution in [2.75, 3.05) is 0 Å². The molecular weight excluding hydrogens is 282 g/mol. The molecule has 104 valence electrons. The molecule has 0 aliphatic rings. The molecule has 1 N–H and O–H groups in total. The summed E-state index contributed by atoms with van der Waals surface area (Å²) in [5.74, 6) is 0. The Bertz CT molecular complexity index is 784. The quantitative estimate of drug-likeness (QED) is 0.764. The first-order valence-corrected chi connectivity index (χ1v) is 7.08. The van der Waals surface area contributed by atoms with Crippen LogP contribution in [0.25, 0.3) is 17.0 Å². The van der Waals surface area contributed by atoms with Gasteiger partial charge in [-0.15, -0.1) is 0 Å². The van der Waals surface area contributed by atoms with Crippen LogP contribution >= 0.6 is 11.6 Å². The molecule has 0 amide bonds. The van der Waals surface area contributed by atoms with E-state index in [0.29, 0.717) is 5.02 Å². The molecule has 3 rings (SSSR count). The lowest BCUT2D eigenvalue weighted by Crippen LogP contribution is -1.92. The summed E-state index contributed by atoms with van der Waals surface area (Å²) in [5, 5.41) is 11.8. The predicted molar refractivity (Wildman–Crippen MR) is 87.2 cm³/mol. The zero-order chi connectivity index (χ0) is 14.7. The van der Waals surface area contributed by atoms with Crippen LogP contribution in [0.3, 0.4) is 0 Å². The van der Waals surface area contributed by atoms with Gasteiger partial charge in [0.05, 0.1) is 17.3 Å². The van der Waals surface area contributed by atoms with E-state index in [1.807, 2.05) is 66.7 Å². The van der Waals surface area contributed by atoms with Crippen molar-refractivity contribution in [1.29, 1.82) is 0 Å². The number of hydrogen-bond donors (Lipinski definition) is 1. The molecule has 0 radical (unpaired) electrons. The average molecular weight is 296 g/mol. The molecule has 0 saturated carbocycles. The molecule has 1 heterocycles. The summed E-state index contributed by atoms with van der Waals surface area (Å²) < 4.78 is 0. The third-order valence-electron chi connectivity index (χ3n) is 3.27. The van der Waals surface area contributed by atoms with Gasteiger partial charge in [-0.25, -0.2) is 4.98 Å². The van der Waals surface area contributed by atoms with Gasteiger partial charge >= 0.3 is 0 Å². The fourth-order valence-electron chi connectivity index (χ4n) is 2.15. The number of benzene rings is 2. The molecular formula is C18H14ClNO. The molecule has 2 aromatic carbocycles. The maximum Gasteiger partial charge on any atom is 0.0975 e. The topological polar surface area (TPSA) is 33.1 Å². The summed E-state index contributed by atoms with van der Waals surface area (Å²) in [7, 11) is 0. The van der Waals surface area contributed by atoms with E-state index in [4.69, 9.17) is 11.6 Å². The summed E-state index contributed by atoms with van der Waals surface area (Å²) in [4.78, 5) is 4.52. The Kier molecular flexibility index (Phi) is 4.00. The second-order valence-corrected chi connectivity index (χ2v) is 5.22. The Morgan fingerprint density at radius 3 is 2.57 bits per heavy atom. The maximum absolute atomic E-state index is 10.1. The van der Waals surface area contributed by atoms with E-state index in [1.54, 1.807) is 6.08 Å². The predicted octanol–water partition coefficient (Wildman–Crippen LogP) is 4.64. The second-order valence-electron chi connectivity index (χ2n) is 4.79. The average Bonchev–Trinajstić information content (AvgIpc) is 2.53. The van der Waals surface area contributed by atoms with E-state index < -0.39 is 6.10 Å². The number of pyridine rings is 1. The fraction of sp³-hybridized carbons (Fsp3) is 0.0556. The highest BCUT2D eigenvalue weighted by molar-refractivity contribution is 6.31. The molecule has 0 fully saturated rings. The van der Waals surface area contributed by atoms with Crippen molar-refractivity contribution in [1.82, 2.24) is 4.98 Å². The number of hydrogen-bond acceptors (Lipinski definition) is 2. The largest absolute Gasteiger partial charge is 0.384 e. The number of nitrogens with zero attached hydrogens (tertiary/aromatic N) is 1. The third kappa shape index (κ3) is 3.30. The van der Waals surface area contributed by atoms with Crippen LogP contribution in [0.5, 0.6) is 0 Å². The summed E-state index contributed by atoms with van der Waals surface area (Å²) >= 11 is 5.98. The number of aliphatic hydroxyl groups is 1. The highest BCUT2D eigenvalue weighted by Crippen LogP contribution is 2.19. The van der Waals surface area contributed by atoms with Crippen molar-refractivity contribution < 1.29 is 5.11 Å². The van der Waals surface area contributed by atoms with Crippen molar-refractivity contribution in [2.24, 2.45) is 0 Å². The van der Waals surface area contributed by atoms with Crippen LogP contribution in [-0.2, 0) is 0 Å². The van der Waals surface area contributed by atoms with Gasteiger partial charge in [-0.2, -0.15) is 0 Å². The number of halogens is 1. The first-order chi connectivity index (χ1) is 10.2. The second kappa shape index (κ2) is 6.08. The monoisotopic (exact) mass is 295 g/mol. The van der Waals surface area contributed by atoms with Gasteiger partial charge in [-0.05, 0) is 35.9 Å². The summed E-state index contributed by atoms with van der Waals surface area (Å²) in [6, 6.07) is 19.1. The minimum Gasteiger partial charge on any atom is -0.384 e. The molecule has 1 aromatic heterocycles. The third-order valence-corrected chi connectivity index (χ3v) is 3.50. The Morgan fingerprint density at radius 1 is 1.00 bits per heavy atom. The van der Waals surface area contributed by atoms with E-state index in [2.05, 4.69) is 4.98 Å². The first kappa shape index (κ1) is 13.8. The van der Waals surface area contributed by atoms with Crippen LogP contribution < -0.4 is 0 Å². The number of aliphatic hydroxyl groups excluding tert-OH is 1. The van der Waals surface area contributed by atoms with Crippen LogP contribution in [0.15, 0.2) is 66.7 Å². The molecule has 2 nitrogen and oxygen atoms in total. The summed E-state index contributed by atoms with van der Waals surface area (Å²) in [6.07, 6.45) is 2.91. The standard InChI is InChI=1S/C18H14ClNO/c19-15-8-6-13-7-9-16(20-17(13)12-15)10-11-18(21)14-4-2-1-3-5-14/h1-12,18,21H. The Balaban J connectivity index is 1.86. The lowest BCUT2D eigenvalue weighted by atomic mass is 10.1. The summed E-state index contributed by atoms with van der Waals surface area (Å²) in [6.45, 7) is 0. The Morgan fingerprint density at radius 2 is 1.76 bits per heavy atom. The van der Waals surface area contributed by atoms with Crippen molar-refractivity contribution in [3.05, 3.63) is 83.0 Å². The van der Waals surface area contributed by atoms with Gasteiger partial charge in [-0.1, -0.05) is 54.1 Å². The normalized spacial score (nSPS) is 12.9. The van der Waals surface area contributed by atoms with Gasteiger partial charge in [0, 0.05) is 10.4 Å². The molecule has 0 saturated heterocycles. The van der Waals surface area contributed by atoms with Crippen molar-refractivity contribution in [3.8, 4) is 0 Å². The molecule has 1 unspecified atom stereocenters. The minimum absolute atomic E-state index is 0.636. The first-order valence-electron chi connectivity index (χ1n) is 6.70. The smallest absolute Gasteiger partial charge is 0.0975 e. The zero-order valence-corrected chi connectivity index (χ0v) is 12.0. The number of aromatic nitrogens is 1. The van der Waals surface area contributed by atoms with Crippen molar-refractivity contribution in [3.63, 3.8) is 0 Å². The Hall–Kier alpha value is -2.16. The van der Waals surface area contributed by atoms with Crippen LogP contribution in [0.1, 0.15) is 17.4 Å². The molecule has 0 spiro atoms. The van der Waals surface area contributed by atoms with E-state index in [-0.39, 0.29) is 0 Å². The van der Waals surface area contributed by atoms with E-state index in [0.717, 1.165) is 22.2 Å². The fourth-order valence-corrected chi connectivity index (χ4v) is 2.32. The van der Waals surface area contributed by atoms with Crippen molar-refractivity contribution in [2.45, 2.75) is 6.10 Å². The lowest BCUT2D eigenvalue weighted by molar-refractivity contribution is 0.229. The minimum atomic E-state index is -0.636. The Labute approximate surface area is 128 Å². The van der Waals surface area contributed by atoms with Crippen LogP contribution in [0, 0.1) is 0 Å². The molecule has 0 bridgehead atoms. The molecule has 1 atom stereocenters. The van der Waals surface area contributed by atoms with E-state index in [1.165, 1.54) is 0 Å². The summed E-state index contributed by atoms with van der Waals surface area (Å²) in [5.41, 5.74) is 2.50. The highest BCUT2D eigenvalue weighted by Gasteiger charge is 2.02. The molecule has 21 heavy (non-hydrogen) atoms. The van der Waals surface area contributed by atoms with Gasteiger partial charge in [0.1, 0.15) is 0 Å². The molecule has 3 heteroatoms. The van der Waals surface area contributed by atoms with E-state index >= 15 is 0 Å². The van der Waals surface area contributed by atoms with Gasteiger partial charge in [0.15, 0.2) is 0 Å². The van der Waals surface area contributed by atoms with Crippen molar-refractivity contribution >= 4 is 28.6 Å². The van der Waals surface area contributed by atoms with E-state index in [9.17, 15) is 5.11 Å². The highest BCUT2D eigenvalue weighted by atomic mass is 35.5. The van der Waals surface area contributed by atoms with Gasteiger partial charge in [0.25, 0.3) is 0 Å². The maximum atomic E-state index is 10.1.